The number of carbonyl (C=O) groups excluding carboxylic acids is 1. The van der Waals surface area contributed by atoms with Crippen LogP contribution in [0.5, 0.6) is 0 Å². The number of nitrogens with zero attached hydrogens (tertiary/aromatic N) is 3. The van der Waals surface area contributed by atoms with Gasteiger partial charge in [-0.15, -0.1) is 11.3 Å². The number of thiazole rings is 1. The van der Waals surface area contributed by atoms with E-state index in [0.29, 0.717) is 5.91 Å². The Labute approximate surface area is 140 Å². The fraction of sp³-hybridized carbons (Fsp3) is 0.444. The summed E-state index contributed by atoms with van der Waals surface area (Å²) in [6.07, 6.45) is 2.81. The Bertz CT molecular complexity index is 688. The van der Waals surface area contributed by atoms with Crippen molar-refractivity contribution in [3.8, 4) is 0 Å². The van der Waals surface area contributed by atoms with Crippen molar-refractivity contribution in [3.63, 3.8) is 0 Å². The molecule has 120 valence electrons. The van der Waals surface area contributed by atoms with Crippen molar-refractivity contribution in [2.24, 2.45) is 5.41 Å². The topological polar surface area (TPSA) is 36.4 Å². The lowest BCUT2D eigenvalue weighted by molar-refractivity contribution is -0.135. The molecule has 0 saturated carbocycles. The molecule has 1 aromatic carbocycles. The van der Waals surface area contributed by atoms with E-state index in [9.17, 15) is 4.79 Å². The monoisotopic (exact) mass is 327 g/mol. The molecule has 0 bridgehead atoms. The molecule has 3 heterocycles. The van der Waals surface area contributed by atoms with E-state index in [-0.39, 0.29) is 11.3 Å². The van der Waals surface area contributed by atoms with Crippen molar-refractivity contribution >= 4 is 17.2 Å². The maximum absolute atomic E-state index is 12.9. The molecule has 1 spiro atoms. The molecule has 2 aromatic rings. The van der Waals surface area contributed by atoms with Crippen molar-refractivity contribution in [2.45, 2.75) is 18.9 Å². The average Bonchev–Trinajstić information content (AvgIpc) is 3.27. The molecule has 2 aliphatic heterocycles. The second-order valence-corrected chi connectivity index (χ2v) is 7.67. The van der Waals surface area contributed by atoms with Crippen LogP contribution in [0.4, 0.5) is 0 Å². The molecule has 4 nitrogen and oxygen atoms in total. The second-order valence-electron chi connectivity index (χ2n) is 6.69. The van der Waals surface area contributed by atoms with E-state index in [0.717, 1.165) is 37.6 Å². The molecular weight excluding hydrogens is 306 g/mol. The zero-order chi connectivity index (χ0) is 15.9. The van der Waals surface area contributed by atoms with E-state index < -0.39 is 0 Å². The molecule has 2 fully saturated rings. The molecule has 2 saturated heterocycles. The van der Waals surface area contributed by atoms with Crippen molar-refractivity contribution in [3.05, 3.63) is 52.5 Å². The normalized spacial score (nSPS) is 28.1. The van der Waals surface area contributed by atoms with Crippen LogP contribution in [0.25, 0.3) is 0 Å². The predicted molar refractivity (Wildman–Crippen MR) is 91.3 cm³/mol. The van der Waals surface area contributed by atoms with Gasteiger partial charge in [0.25, 0.3) is 0 Å². The van der Waals surface area contributed by atoms with Gasteiger partial charge >= 0.3 is 0 Å². The van der Waals surface area contributed by atoms with Gasteiger partial charge in [0.1, 0.15) is 5.01 Å². The summed E-state index contributed by atoms with van der Waals surface area (Å²) >= 11 is 1.69. The van der Waals surface area contributed by atoms with Crippen molar-refractivity contribution < 1.29 is 4.79 Å². The third-order valence-electron chi connectivity index (χ3n) is 5.32. The van der Waals surface area contributed by atoms with Crippen LogP contribution >= 0.6 is 11.3 Å². The first kappa shape index (κ1) is 14.8. The van der Waals surface area contributed by atoms with Crippen LogP contribution in [-0.2, 0) is 11.3 Å². The maximum Gasteiger partial charge on any atom is 0.230 e. The molecule has 2 atom stereocenters. The summed E-state index contributed by atoms with van der Waals surface area (Å²) in [5.74, 6) is 0.592. The Morgan fingerprint density at radius 2 is 2.17 bits per heavy atom. The minimum absolute atomic E-state index is 0.257. The van der Waals surface area contributed by atoms with Gasteiger partial charge < -0.3 is 4.90 Å². The quantitative estimate of drug-likeness (QED) is 0.869. The summed E-state index contributed by atoms with van der Waals surface area (Å²) in [5, 5.41) is 3.15. The molecule has 1 aromatic heterocycles. The largest absolute Gasteiger partial charge is 0.345 e. The van der Waals surface area contributed by atoms with Crippen molar-refractivity contribution in [1.29, 1.82) is 0 Å². The first-order valence-corrected chi connectivity index (χ1v) is 8.98. The molecule has 0 radical (unpaired) electrons. The summed E-state index contributed by atoms with van der Waals surface area (Å²) in [4.78, 5) is 21.7. The number of likely N-dealkylation sites (tertiary alicyclic amines) is 2. The number of rotatable bonds is 3. The zero-order valence-corrected chi connectivity index (χ0v) is 14.1. The van der Waals surface area contributed by atoms with E-state index in [1.807, 2.05) is 29.6 Å². The lowest BCUT2D eigenvalue weighted by Crippen LogP contribution is -2.38. The van der Waals surface area contributed by atoms with E-state index in [4.69, 9.17) is 0 Å². The maximum atomic E-state index is 12.9. The van der Waals surface area contributed by atoms with E-state index in [1.54, 1.807) is 11.3 Å². The Kier molecular flexibility index (Phi) is 3.70. The highest BCUT2D eigenvalue weighted by molar-refractivity contribution is 7.09. The van der Waals surface area contributed by atoms with E-state index >= 15 is 0 Å². The van der Waals surface area contributed by atoms with Gasteiger partial charge in [0.05, 0.1) is 12.0 Å². The van der Waals surface area contributed by atoms with Crippen LogP contribution in [-0.4, -0.2) is 47.4 Å². The van der Waals surface area contributed by atoms with Crippen LogP contribution in [0, 0.1) is 5.41 Å². The minimum atomic E-state index is -0.257. The Balaban J connectivity index is 1.66. The van der Waals surface area contributed by atoms with Gasteiger partial charge in [-0.3, -0.25) is 9.69 Å². The van der Waals surface area contributed by atoms with Crippen LogP contribution in [0.1, 0.15) is 22.9 Å². The predicted octanol–water partition coefficient (Wildman–Crippen LogP) is 2.59. The SMILES string of the molecule is CN1CC[C@]2(CN(Cc3nccs3)C[C@H]2c2ccccc2)C1=O. The van der Waals surface area contributed by atoms with Gasteiger partial charge in [-0.25, -0.2) is 4.98 Å². The summed E-state index contributed by atoms with van der Waals surface area (Å²) in [7, 11) is 1.93. The molecule has 2 aliphatic rings. The van der Waals surface area contributed by atoms with Crippen LogP contribution < -0.4 is 0 Å². The summed E-state index contributed by atoms with van der Waals surface area (Å²) in [6.45, 7) is 3.49. The molecule has 0 aliphatic carbocycles. The number of hydrogen-bond acceptors (Lipinski definition) is 4. The summed E-state index contributed by atoms with van der Waals surface area (Å²) in [5.41, 5.74) is 1.03. The van der Waals surface area contributed by atoms with E-state index in [2.05, 4.69) is 34.1 Å². The highest BCUT2D eigenvalue weighted by Gasteiger charge is 2.56. The highest BCUT2D eigenvalue weighted by atomic mass is 32.1. The third-order valence-corrected chi connectivity index (χ3v) is 6.09. The number of hydrogen-bond donors (Lipinski definition) is 0. The first-order chi connectivity index (χ1) is 11.2. The number of amides is 1. The fourth-order valence-electron chi connectivity index (χ4n) is 4.19. The van der Waals surface area contributed by atoms with Gasteiger partial charge in [-0.2, -0.15) is 0 Å². The number of carbonyl (C=O) groups is 1. The second kappa shape index (κ2) is 5.73. The Morgan fingerprint density at radius 1 is 1.35 bits per heavy atom. The van der Waals surface area contributed by atoms with Crippen molar-refractivity contribution in [2.75, 3.05) is 26.7 Å². The molecular formula is C18H21N3OS. The smallest absolute Gasteiger partial charge is 0.230 e. The molecule has 5 heteroatoms. The van der Waals surface area contributed by atoms with Gasteiger partial charge in [0.2, 0.25) is 5.91 Å². The molecule has 23 heavy (non-hydrogen) atoms. The molecule has 0 N–H and O–H groups in total. The molecule has 0 unspecified atom stereocenters. The van der Waals surface area contributed by atoms with Gasteiger partial charge in [-0.1, -0.05) is 30.3 Å². The highest BCUT2D eigenvalue weighted by Crippen LogP contribution is 2.49. The van der Waals surface area contributed by atoms with Gasteiger partial charge in [-0.05, 0) is 12.0 Å². The zero-order valence-electron chi connectivity index (χ0n) is 13.3. The van der Waals surface area contributed by atoms with Crippen LogP contribution in [0.15, 0.2) is 41.9 Å². The molecule has 1 amide bonds. The van der Waals surface area contributed by atoms with Gasteiger partial charge in [0.15, 0.2) is 0 Å². The standard InChI is InChI=1S/C18H21N3OS/c1-20-9-7-18(17(20)22)13-21(12-16-19-8-10-23-16)11-15(18)14-5-3-2-4-6-14/h2-6,8,10,15H,7,9,11-13H2,1H3/t15-,18+/m0/s1. The van der Waals surface area contributed by atoms with Gasteiger partial charge in [0, 0.05) is 44.2 Å². The van der Waals surface area contributed by atoms with Crippen molar-refractivity contribution in [1.82, 2.24) is 14.8 Å². The average molecular weight is 327 g/mol. The van der Waals surface area contributed by atoms with E-state index in [1.165, 1.54) is 5.56 Å². The van der Waals surface area contributed by atoms with Crippen LogP contribution in [0.3, 0.4) is 0 Å². The Hall–Kier alpha value is -1.72. The molecule has 4 rings (SSSR count). The van der Waals surface area contributed by atoms with Crippen LogP contribution in [0.2, 0.25) is 0 Å². The number of benzene rings is 1. The number of aromatic nitrogens is 1. The summed E-state index contributed by atoms with van der Waals surface area (Å²) in [6, 6.07) is 10.5. The minimum Gasteiger partial charge on any atom is -0.345 e. The third kappa shape index (κ3) is 2.48. The summed E-state index contributed by atoms with van der Waals surface area (Å²) < 4.78 is 0. The first-order valence-electron chi connectivity index (χ1n) is 8.10. The lowest BCUT2D eigenvalue weighted by atomic mass is 9.73. The lowest BCUT2D eigenvalue weighted by Gasteiger charge is -2.28. The fourth-order valence-corrected chi connectivity index (χ4v) is 4.84. The Morgan fingerprint density at radius 3 is 2.83 bits per heavy atom.